The molecule has 4 nitrogen and oxygen atoms in total. The maximum Gasteiger partial charge on any atom is 0.324 e. The number of carbonyl (C=O) groups is 1. The quantitative estimate of drug-likeness (QED) is 0.888. The first-order valence-corrected chi connectivity index (χ1v) is 8.86. The molecule has 1 aromatic carbocycles. The predicted molar refractivity (Wildman–Crippen MR) is 97.5 cm³/mol. The number of hydrogen-bond donors (Lipinski definition) is 2. The Morgan fingerprint density at radius 2 is 2.13 bits per heavy atom. The van der Waals surface area contributed by atoms with Crippen molar-refractivity contribution in [2.75, 3.05) is 31.3 Å². The van der Waals surface area contributed by atoms with Gasteiger partial charge in [-0.3, -0.25) is 5.32 Å². The molecule has 23 heavy (non-hydrogen) atoms. The standard InChI is InChI=1S/C18H23N3OS/c1-21(2)12-13-5-6-15-11-16(8-7-14(15)10-13)19-18(22)20-17-4-3-9-23-17/h3-4,7-9,11,13H,5-6,10,12H2,1-2H3,(H2,19,20,22). The second-order valence-electron chi connectivity index (χ2n) is 6.41. The van der Waals surface area contributed by atoms with Crippen LogP contribution in [0.3, 0.4) is 0 Å². The van der Waals surface area contributed by atoms with Crippen molar-refractivity contribution in [1.29, 1.82) is 0 Å². The van der Waals surface area contributed by atoms with Crippen molar-refractivity contribution in [1.82, 2.24) is 4.90 Å². The lowest BCUT2D eigenvalue weighted by Gasteiger charge is -2.27. The van der Waals surface area contributed by atoms with Gasteiger partial charge >= 0.3 is 6.03 Å². The Labute approximate surface area is 141 Å². The lowest BCUT2D eigenvalue weighted by molar-refractivity contribution is 0.262. The van der Waals surface area contributed by atoms with Gasteiger partial charge in [-0.1, -0.05) is 6.07 Å². The highest BCUT2D eigenvalue weighted by Gasteiger charge is 2.19. The smallest absolute Gasteiger partial charge is 0.309 e. The zero-order valence-corrected chi connectivity index (χ0v) is 14.5. The van der Waals surface area contributed by atoms with Crippen LogP contribution in [0.15, 0.2) is 35.7 Å². The maximum absolute atomic E-state index is 12.0. The summed E-state index contributed by atoms with van der Waals surface area (Å²) in [6, 6.07) is 9.91. The van der Waals surface area contributed by atoms with Gasteiger partial charge in [0.1, 0.15) is 0 Å². The molecule has 1 aromatic heterocycles. The van der Waals surface area contributed by atoms with E-state index in [4.69, 9.17) is 0 Å². The first kappa shape index (κ1) is 16.0. The molecule has 0 aliphatic heterocycles. The van der Waals surface area contributed by atoms with Crippen molar-refractivity contribution < 1.29 is 4.79 Å². The first-order chi connectivity index (χ1) is 11.1. The van der Waals surface area contributed by atoms with E-state index in [2.05, 4.69) is 41.8 Å². The fourth-order valence-corrected chi connectivity index (χ4v) is 3.82. The number of amides is 2. The molecule has 1 aliphatic rings. The largest absolute Gasteiger partial charge is 0.324 e. The number of nitrogens with one attached hydrogen (secondary N) is 2. The molecule has 0 radical (unpaired) electrons. The molecule has 3 rings (SSSR count). The van der Waals surface area contributed by atoms with Crippen LogP contribution in [0.1, 0.15) is 17.5 Å². The van der Waals surface area contributed by atoms with Gasteiger partial charge in [0.2, 0.25) is 0 Å². The van der Waals surface area contributed by atoms with Gasteiger partial charge in [0.25, 0.3) is 0 Å². The highest BCUT2D eigenvalue weighted by molar-refractivity contribution is 7.14. The highest BCUT2D eigenvalue weighted by Crippen LogP contribution is 2.28. The molecule has 2 aromatic rings. The summed E-state index contributed by atoms with van der Waals surface area (Å²) >= 11 is 1.51. The number of anilines is 2. The summed E-state index contributed by atoms with van der Waals surface area (Å²) in [4.78, 5) is 14.3. The van der Waals surface area contributed by atoms with Gasteiger partial charge < -0.3 is 10.2 Å². The minimum Gasteiger partial charge on any atom is -0.309 e. The zero-order chi connectivity index (χ0) is 16.2. The topological polar surface area (TPSA) is 44.4 Å². The number of hydrogen-bond acceptors (Lipinski definition) is 3. The number of aryl methyl sites for hydroxylation is 1. The Morgan fingerprint density at radius 1 is 1.26 bits per heavy atom. The molecule has 0 saturated heterocycles. The first-order valence-electron chi connectivity index (χ1n) is 7.98. The Bertz CT molecular complexity index is 667. The molecular formula is C18H23N3OS. The number of urea groups is 1. The third-order valence-electron chi connectivity index (χ3n) is 4.18. The van der Waals surface area contributed by atoms with Gasteiger partial charge in [0, 0.05) is 12.2 Å². The molecule has 1 atom stereocenters. The van der Waals surface area contributed by atoms with E-state index in [1.165, 1.54) is 28.9 Å². The van der Waals surface area contributed by atoms with Gasteiger partial charge in [0.05, 0.1) is 5.00 Å². The minimum absolute atomic E-state index is 0.186. The van der Waals surface area contributed by atoms with E-state index in [1.807, 2.05) is 23.6 Å². The lowest BCUT2D eigenvalue weighted by Crippen LogP contribution is -2.26. The number of carbonyl (C=O) groups excluding carboxylic acids is 1. The summed E-state index contributed by atoms with van der Waals surface area (Å²) in [6.07, 6.45) is 3.45. The van der Waals surface area contributed by atoms with E-state index in [-0.39, 0.29) is 6.03 Å². The molecule has 1 heterocycles. The molecule has 2 N–H and O–H groups in total. The highest BCUT2D eigenvalue weighted by atomic mass is 32.1. The summed E-state index contributed by atoms with van der Waals surface area (Å²) in [7, 11) is 4.27. The van der Waals surface area contributed by atoms with Crippen LogP contribution in [-0.4, -0.2) is 31.6 Å². The SMILES string of the molecule is CN(C)CC1CCc2cc(NC(=O)Nc3cccs3)ccc2C1. The third-order valence-corrected chi connectivity index (χ3v) is 4.96. The maximum atomic E-state index is 12.0. The van der Waals surface area contributed by atoms with E-state index in [9.17, 15) is 4.79 Å². The van der Waals surface area contributed by atoms with Crippen LogP contribution in [0.4, 0.5) is 15.5 Å². The van der Waals surface area contributed by atoms with Crippen molar-refractivity contribution >= 4 is 28.1 Å². The monoisotopic (exact) mass is 329 g/mol. The Kier molecular flexibility index (Phi) is 4.98. The lowest BCUT2D eigenvalue weighted by atomic mass is 9.83. The second kappa shape index (κ2) is 7.15. The molecular weight excluding hydrogens is 306 g/mol. The van der Waals surface area contributed by atoms with E-state index in [0.717, 1.165) is 36.0 Å². The number of rotatable bonds is 4. The van der Waals surface area contributed by atoms with Gasteiger partial charge in [-0.15, -0.1) is 11.3 Å². The number of thiophene rings is 1. The van der Waals surface area contributed by atoms with Gasteiger partial charge in [-0.2, -0.15) is 0 Å². The van der Waals surface area contributed by atoms with Crippen molar-refractivity contribution in [3.63, 3.8) is 0 Å². The van der Waals surface area contributed by atoms with Gasteiger partial charge in [0.15, 0.2) is 0 Å². The van der Waals surface area contributed by atoms with Crippen molar-refractivity contribution in [3.8, 4) is 0 Å². The van der Waals surface area contributed by atoms with E-state index in [1.54, 1.807) is 0 Å². The van der Waals surface area contributed by atoms with Crippen LogP contribution in [0.2, 0.25) is 0 Å². The van der Waals surface area contributed by atoms with Crippen LogP contribution in [0.5, 0.6) is 0 Å². The minimum atomic E-state index is -0.186. The van der Waals surface area contributed by atoms with E-state index < -0.39 is 0 Å². The molecule has 1 aliphatic carbocycles. The molecule has 0 spiro atoms. The molecule has 0 fully saturated rings. The second-order valence-corrected chi connectivity index (χ2v) is 7.36. The average molecular weight is 329 g/mol. The summed E-state index contributed by atoms with van der Waals surface area (Å²) in [5.74, 6) is 0.735. The van der Waals surface area contributed by atoms with Crippen molar-refractivity contribution in [3.05, 3.63) is 46.8 Å². The normalized spacial score (nSPS) is 16.9. The van der Waals surface area contributed by atoms with Crippen molar-refractivity contribution in [2.45, 2.75) is 19.3 Å². The van der Waals surface area contributed by atoms with Crippen LogP contribution >= 0.6 is 11.3 Å². The number of nitrogens with zero attached hydrogens (tertiary/aromatic N) is 1. The van der Waals surface area contributed by atoms with Gasteiger partial charge in [-0.25, -0.2) is 4.79 Å². The summed E-state index contributed by atoms with van der Waals surface area (Å²) in [5, 5.41) is 8.56. The summed E-state index contributed by atoms with van der Waals surface area (Å²) in [6.45, 7) is 1.14. The van der Waals surface area contributed by atoms with E-state index in [0.29, 0.717) is 0 Å². The number of benzene rings is 1. The van der Waals surface area contributed by atoms with E-state index >= 15 is 0 Å². The van der Waals surface area contributed by atoms with Crippen LogP contribution in [0.25, 0.3) is 0 Å². The average Bonchev–Trinajstić information content (AvgIpc) is 2.99. The van der Waals surface area contributed by atoms with Gasteiger partial charge in [-0.05, 0) is 80.0 Å². The predicted octanol–water partition coefficient (Wildman–Crippen LogP) is 4.06. The molecule has 0 bridgehead atoms. The molecule has 1 unspecified atom stereocenters. The number of fused-ring (bicyclic) bond motifs is 1. The fraction of sp³-hybridized carbons (Fsp3) is 0.389. The fourth-order valence-electron chi connectivity index (χ4n) is 3.20. The van der Waals surface area contributed by atoms with Crippen LogP contribution in [-0.2, 0) is 12.8 Å². The summed E-state index contributed by atoms with van der Waals surface area (Å²) < 4.78 is 0. The Balaban J connectivity index is 1.62. The molecule has 2 amide bonds. The molecule has 0 saturated carbocycles. The zero-order valence-electron chi connectivity index (χ0n) is 13.6. The molecule has 122 valence electrons. The third kappa shape index (κ3) is 4.33. The Morgan fingerprint density at radius 3 is 2.87 bits per heavy atom. The van der Waals surface area contributed by atoms with Crippen LogP contribution < -0.4 is 10.6 Å². The summed E-state index contributed by atoms with van der Waals surface area (Å²) in [5.41, 5.74) is 3.66. The van der Waals surface area contributed by atoms with Crippen molar-refractivity contribution in [2.24, 2.45) is 5.92 Å². The Hall–Kier alpha value is -1.85. The molecule has 5 heteroatoms. The van der Waals surface area contributed by atoms with Crippen LogP contribution in [0, 0.1) is 5.92 Å².